The topological polar surface area (TPSA) is 53.4 Å². The van der Waals surface area contributed by atoms with Crippen molar-refractivity contribution in [3.63, 3.8) is 0 Å². The minimum atomic E-state index is -0.227. The number of hydrogen-bond donors (Lipinski definition) is 2. The number of aromatic nitrogens is 1. The van der Waals surface area contributed by atoms with Crippen LogP contribution < -0.4 is 0 Å². The van der Waals surface area contributed by atoms with E-state index in [0.29, 0.717) is 5.92 Å². The van der Waals surface area contributed by atoms with E-state index < -0.39 is 0 Å². The molecule has 30 heavy (non-hydrogen) atoms. The molecule has 2 saturated carbocycles. The summed E-state index contributed by atoms with van der Waals surface area (Å²) in [7, 11) is 0. The number of aliphatic hydroxyl groups is 2. The molecule has 4 unspecified atom stereocenters. The van der Waals surface area contributed by atoms with E-state index in [0.717, 1.165) is 36.9 Å². The van der Waals surface area contributed by atoms with Gasteiger partial charge < -0.3 is 15.2 Å². The fourth-order valence-corrected chi connectivity index (χ4v) is 5.00. The van der Waals surface area contributed by atoms with E-state index in [1.165, 1.54) is 29.2 Å². The predicted octanol–water partition coefficient (Wildman–Crippen LogP) is 5.32. The summed E-state index contributed by atoms with van der Waals surface area (Å²) >= 11 is 0. The molecule has 0 saturated heterocycles. The fourth-order valence-electron chi connectivity index (χ4n) is 5.00. The molecule has 1 heterocycles. The Morgan fingerprint density at radius 1 is 0.933 bits per heavy atom. The van der Waals surface area contributed by atoms with Crippen molar-refractivity contribution < 1.29 is 30.3 Å². The number of pyridine rings is 1. The zero-order chi connectivity index (χ0) is 20.2. The minimum absolute atomic E-state index is 0. The molecule has 2 fully saturated rings. The van der Waals surface area contributed by atoms with E-state index in [2.05, 4.69) is 42.2 Å². The molecule has 2 aliphatic rings. The molecule has 3 nitrogen and oxygen atoms in total. The first-order chi connectivity index (χ1) is 14.1. The molecule has 4 heteroatoms. The summed E-state index contributed by atoms with van der Waals surface area (Å²) in [5.41, 5.74) is 3.32. The van der Waals surface area contributed by atoms with Gasteiger partial charge in [-0.15, -0.1) is 35.9 Å². The van der Waals surface area contributed by atoms with Crippen LogP contribution >= 0.6 is 0 Å². The van der Waals surface area contributed by atoms with Gasteiger partial charge in [-0.1, -0.05) is 36.6 Å². The van der Waals surface area contributed by atoms with Gasteiger partial charge in [0.15, 0.2) is 0 Å². The van der Waals surface area contributed by atoms with E-state index in [9.17, 15) is 10.2 Å². The Kier molecular flexibility index (Phi) is 8.19. The van der Waals surface area contributed by atoms with Crippen molar-refractivity contribution >= 4 is 10.8 Å². The van der Waals surface area contributed by atoms with E-state index in [1.807, 2.05) is 30.5 Å². The van der Waals surface area contributed by atoms with Crippen LogP contribution in [0.4, 0.5) is 0 Å². The van der Waals surface area contributed by atoms with E-state index >= 15 is 0 Å². The molecular formula is C26H30IrNO2-. The van der Waals surface area contributed by atoms with Gasteiger partial charge in [-0.25, -0.2) is 0 Å². The molecule has 1 aromatic heterocycles. The number of nitrogens with zero attached hydrogens (tertiary/aromatic N) is 1. The molecule has 0 amide bonds. The monoisotopic (exact) mass is 581 g/mol. The van der Waals surface area contributed by atoms with Crippen molar-refractivity contribution in [2.75, 3.05) is 0 Å². The van der Waals surface area contributed by atoms with Crippen LogP contribution in [0.2, 0.25) is 0 Å². The molecule has 0 bridgehead atoms. The Morgan fingerprint density at radius 3 is 2.53 bits per heavy atom. The van der Waals surface area contributed by atoms with Gasteiger partial charge in [0, 0.05) is 32.2 Å². The van der Waals surface area contributed by atoms with Crippen LogP contribution in [0, 0.1) is 24.8 Å². The largest absolute Gasteiger partial charge is 0.393 e. The maximum absolute atomic E-state index is 9.77. The molecule has 4 atom stereocenters. The van der Waals surface area contributed by atoms with Gasteiger partial charge in [-0.05, 0) is 61.1 Å². The summed E-state index contributed by atoms with van der Waals surface area (Å²) < 4.78 is 0. The second-order valence-corrected chi connectivity index (χ2v) is 8.49. The van der Waals surface area contributed by atoms with E-state index in [4.69, 9.17) is 0 Å². The summed E-state index contributed by atoms with van der Waals surface area (Å²) in [6.45, 7) is 2.11. The van der Waals surface area contributed by atoms with Gasteiger partial charge in [-0.2, -0.15) is 0 Å². The van der Waals surface area contributed by atoms with Gasteiger partial charge in [0.2, 0.25) is 0 Å². The number of aryl methyl sites for hydroxylation is 1. The van der Waals surface area contributed by atoms with Crippen LogP contribution in [-0.2, 0) is 20.1 Å². The molecule has 0 spiro atoms. The summed E-state index contributed by atoms with van der Waals surface area (Å²) in [6.07, 6.45) is 7.95. The van der Waals surface area contributed by atoms with Crippen LogP contribution in [0.1, 0.15) is 44.1 Å². The number of rotatable bonds is 1. The summed E-state index contributed by atoms with van der Waals surface area (Å²) in [6, 6.07) is 19.7. The van der Waals surface area contributed by atoms with Crippen molar-refractivity contribution in [1.82, 2.24) is 4.98 Å². The third-order valence-corrected chi connectivity index (χ3v) is 6.48. The zero-order valence-corrected chi connectivity index (χ0v) is 19.8. The first kappa shape index (κ1) is 23.1. The second kappa shape index (κ2) is 10.6. The summed E-state index contributed by atoms with van der Waals surface area (Å²) in [5, 5.41) is 21.8. The first-order valence-electron chi connectivity index (χ1n) is 10.8. The van der Waals surface area contributed by atoms with Gasteiger partial charge >= 0.3 is 0 Å². The minimum Gasteiger partial charge on any atom is -0.393 e. The molecule has 2 aromatic carbocycles. The molecule has 161 valence electrons. The Bertz CT molecular complexity index is 946. The van der Waals surface area contributed by atoms with Crippen molar-refractivity contribution in [3.05, 3.63) is 66.4 Å². The van der Waals surface area contributed by atoms with Crippen molar-refractivity contribution in [2.45, 2.75) is 57.7 Å². The standard InChI is InChI=1S/C16H12N.C10H18O2.Ir/c1-12-7-8-15-14(11-12)9-10-17-16(15)13-5-3-2-4-6-13;11-8-4-2-1-3-7-5-6-9(12)10(7)8;/h2-5,7-11H,1H3;7-12H,1-6H2;/q-1;;. The van der Waals surface area contributed by atoms with Crippen LogP contribution in [-0.4, -0.2) is 27.4 Å². The third kappa shape index (κ3) is 5.18. The van der Waals surface area contributed by atoms with Crippen LogP contribution in [0.5, 0.6) is 0 Å². The zero-order valence-electron chi connectivity index (χ0n) is 17.4. The molecule has 3 aromatic rings. The summed E-state index contributed by atoms with van der Waals surface area (Å²) in [5.74, 6) is 0.810. The molecule has 1 radical (unpaired) electrons. The molecule has 2 N–H and O–H groups in total. The number of fused-ring (bicyclic) bond motifs is 2. The average molecular weight is 581 g/mol. The molecular weight excluding hydrogens is 551 g/mol. The maximum Gasteiger partial charge on any atom is 0.0595 e. The number of hydrogen-bond acceptors (Lipinski definition) is 3. The smallest absolute Gasteiger partial charge is 0.0595 e. The normalized spacial score (nSPS) is 25.4. The predicted molar refractivity (Wildman–Crippen MR) is 117 cm³/mol. The molecule has 0 aliphatic heterocycles. The van der Waals surface area contributed by atoms with Crippen molar-refractivity contribution in [3.8, 4) is 11.3 Å². The number of benzene rings is 2. The van der Waals surface area contributed by atoms with Crippen LogP contribution in [0.3, 0.4) is 0 Å². The molecule has 5 rings (SSSR count). The van der Waals surface area contributed by atoms with Crippen molar-refractivity contribution in [2.24, 2.45) is 11.8 Å². The SMILES string of the molecule is Cc1ccc2c(-c3[c-]cccc3)nccc2c1.OC1CCCCC2CCC(O)C12.[Ir]. The Balaban J connectivity index is 0.000000175. The van der Waals surface area contributed by atoms with Gasteiger partial charge in [0.1, 0.15) is 0 Å². The average Bonchev–Trinajstić information content (AvgIpc) is 3.01. The Labute approximate surface area is 192 Å². The maximum atomic E-state index is 9.77. The van der Waals surface area contributed by atoms with Gasteiger partial charge in [0.25, 0.3) is 0 Å². The fraction of sp³-hybridized carbons (Fsp3) is 0.423. The van der Waals surface area contributed by atoms with Crippen LogP contribution in [0.15, 0.2) is 54.7 Å². The number of aliphatic hydroxyl groups excluding tert-OH is 2. The Morgan fingerprint density at radius 2 is 1.73 bits per heavy atom. The van der Waals surface area contributed by atoms with Gasteiger partial charge in [0.05, 0.1) is 12.2 Å². The van der Waals surface area contributed by atoms with E-state index in [1.54, 1.807) is 0 Å². The summed E-state index contributed by atoms with van der Waals surface area (Å²) in [4.78, 5) is 4.48. The second-order valence-electron chi connectivity index (χ2n) is 8.49. The van der Waals surface area contributed by atoms with Gasteiger partial charge in [-0.3, -0.25) is 0 Å². The Hall–Kier alpha value is -1.58. The molecule has 2 aliphatic carbocycles. The van der Waals surface area contributed by atoms with Crippen LogP contribution in [0.25, 0.3) is 22.0 Å². The first-order valence-corrected chi connectivity index (χ1v) is 10.8. The quantitative estimate of drug-likeness (QED) is 0.384. The third-order valence-electron chi connectivity index (χ3n) is 6.48. The van der Waals surface area contributed by atoms with Crippen molar-refractivity contribution in [1.29, 1.82) is 0 Å². The van der Waals surface area contributed by atoms with E-state index in [-0.39, 0.29) is 38.2 Å².